The SMILES string of the molecule is CCC/C=C\C/C=C\CCCCCCCCOCC(COC(=O)CCCCCCCCCCCCCCCCCCCCC)OC(=O)CCCCCCCCCCCCC. The van der Waals surface area contributed by atoms with Gasteiger partial charge in [-0.2, -0.15) is 0 Å². The molecule has 0 N–H and O–H groups in total. The third kappa shape index (κ3) is 49.0. The van der Waals surface area contributed by atoms with Crippen molar-refractivity contribution in [2.45, 2.75) is 297 Å². The summed E-state index contributed by atoms with van der Waals surface area (Å²) in [5, 5.41) is 0. The van der Waals surface area contributed by atoms with E-state index >= 15 is 0 Å². The van der Waals surface area contributed by atoms with Crippen molar-refractivity contribution < 1.29 is 23.8 Å². The van der Waals surface area contributed by atoms with E-state index in [9.17, 15) is 9.59 Å². The van der Waals surface area contributed by atoms with Crippen molar-refractivity contribution in [1.29, 1.82) is 0 Å². The fraction of sp³-hybridized carbons (Fsp3) is 0.891. The molecule has 0 aromatic rings. The van der Waals surface area contributed by atoms with Gasteiger partial charge in [-0.15, -0.1) is 0 Å². The minimum atomic E-state index is -0.533. The van der Waals surface area contributed by atoms with Crippen molar-refractivity contribution in [2.75, 3.05) is 19.8 Å². The maximum Gasteiger partial charge on any atom is 0.306 e. The van der Waals surface area contributed by atoms with Crippen LogP contribution in [0, 0.1) is 0 Å². The molecule has 0 rings (SSSR count). The van der Waals surface area contributed by atoms with Crippen molar-refractivity contribution >= 4 is 11.9 Å². The van der Waals surface area contributed by atoms with Gasteiger partial charge in [-0.3, -0.25) is 9.59 Å². The number of hydrogen-bond donors (Lipinski definition) is 0. The van der Waals surface area contributed by atoms with Gasteiger partial charge in [-0.05, 0) is 44.9 Å². The third-order valence-corrected chi connectivity index (χ3v) is 12.0. The van der Waals surface area contributed by atoms with E-state index in [1.54, 1.807) is 0 Å². The van der Waals surface area contributed by atoms with Gasteiger partial charge in [0, 0.05) is 19.4 Å². The molecule has 0 heterocycles. The molecule has 354 valence electrons. The lowest BCUT2D eigenvalue weighted by Crippen LogP contribution is -2.30. The molecule has 0 aromatic carbocycles. The molecule has 5 heteroatoms. The van der Waals surface area contributed by atoms with Crippen molar-refractivity contribution in [1.82, 2.24) is 0 Å². The normalized spacial score (nSPS) is 12.2. The van der Waals surface area contributed by atoms with Gasteiger partial charge in [-0.25, -0.2) is 0 Å². The Labute approximate surface area is 375 Å². The Morgan fingerprint density at radius 1 is 0.367 bits per heavy atom. The minimum absolute atomic E-state index is 0.0887. The van der Waals surface area contributed by atoms with Crippen LogP contribution in [0.25, 0.3) is 0 Å². The van der Waals surface area contributed by atoms with Crippen LogP contribution >= 0.6 is 0 Å². The Hall–Kier alpha value is -1.62. The van der Waals surface area contributed by atoms with E-state index in [-0.39, 0.29) is 25.2 Å². The number of ether oxygens (including phenoxy) is 3. The lowest BCUT2D eigenvalue weighted by molar-refractivity contribution is -0.163. The zero-order valence-electron chi connectivity index (χ0n) is 40.7. The van der Waals surface area contributed by atoms with Crippen LogP contribution in [0.2, 0.25) is 0 Å². The average molecular weight is 845 g/mol. The smallest absolute Gasteiger partial charge is 0.306 e. The van der Waals surface area contributed by atoms with E-state index in [0.717, 1.165) is 44.9 Å². The predicted octanol–water partition coefficient (Wildman–Crippen LogP) is 18.0. The molecule has 0 amide bonds. The number of allylic oxidation sites excluding steroid dienone is 4. The summed E-state index contributed by atoms with van der Waals surface area (Å²) in [4.78, 5) is 25.4. The second-order valence-corrected chi connectivity index (χ2v) is 18.1. The van der Waals surface area contributed by atoms with Crippen LogP contribution in [0.3, 0.4) is 0 Å². The molecular weight excluding hydrogens is 741 g/mol. The summed E-state index contributed by atoms with van der Waals surface area (Å²) in [6.07, 6.45) is 60.5. The second-order valence-electron chi connectivity index (χ2n) is 18.1. The number of carbonyl (C=O) groups excluding carboxylic acids is 2. The first-order valence-corrected chi connectivity index (χ1v) is 26.9. The molecular formula is C55H104O5. The van der Waals surface area contributed by atoms with Gasteiger partial charge in [0.1, 0.15) is 6.61 Å². The van der Waals surface area contributed by atoms with E-state index < -0.39 is 6.10 Å². The van der Waals surface area contributed by atoms with Crippen molar-refractivity contribution in [2.24, 2.45) is 0 Å². The maximum atomic E-state index is 12.8. The number of unbranched alkanes of at least 4 members (excludes halogenated alkanes) is 35. The van der Waals surface area contributed by atoms with Crippen molar-refractivity contribution in [3.63, 3.8) is 0 Å². The first-order valence-electron chi connectivity index (χ1n) is 26.9. The van der Waals surface area contributed by atoms with Gasteiger partial charge < -0.3 is 14.2 Å². The first-order chi connectivity index (χ1) is 29.6. The summed E-state index contributed by atoms with van der Waals surface area (Å²) in [5.41, 5.74) is 0. The zero-order chi connectivity index (χ0) is 43.5. The molecule has 5 nitrogen and oxygen atoms in total. The molecule has 0 aromatic heterocycles. The van der Waals surface area contributed by atoms with Crippen LogP contribution in [-0.2, 0) is 23.8 Å². The maximum absolute atomic E-state index is 12.8. The van der Waals surface area contributed by atoms with Gasteiger partial charge in [-0.1, -0.05) is 257 Å². The Kier molecular flexibility index (Phi) is 50.3. The monoisotopic (exact) mass is 845 g/mol. The number of esters is 2. The molecule has 1 unspecified atom stereocenters. The summed E-state index contributed by atoms with van der Waals surface area (Å²) in [6.45, 7) is 7.80. The van der Waals surface area contributed by atoms with Crippen LogP contribution in [0.4, 0.5) is 0 Å². The lowest BCUT2D eigenvalue weighted by Gasteiger charge is -2.18. The Morgan fingerprint density at radius 2 is 0.733 bits per heavy atom. The molecule has 60 heavy (non-hydrogen) atoms. The van der Waals surface area contributed by atoms with Gasteiger partial charge in [0.25, 0.3) is 0 Å². The van der Waals surface area contributed by atoms with Crippen LogP contribution in [0.15, 0.2) is 24.3 Å². The van der Waals surface area contributed by atoms with Gasteiger partial charge in [0.15, 0.2) is 6.10 Å². The number of rotatable bonds is 50. The number of hydrogen-bond acceptors (Lipinski definition) is 5. The summed E-state index contributed by atoms with van der Waals surface area (Å²) in [6, 6.07) is 0. The Balaban J connectivity index is 4.15. The summed E-state index contributed by atoms with van der Waals surface area (Å²) in [7, 11) is 0. The minimum Gasteiger partial charge on any atom is -0.462 e. The standard InChI is InChI=1S/C55H104O5/c1-4-7-10-13-16-19-22-24-26-27-28-29-30-31-34-36-39-42-45-48-54(56)59-52-53(60-55(57)49-46-43-40-37-33-21-18-15-12-9-6-3)51-58-50-47-44-41-38-35-32-25-23-20-17-14-11-8-5-2/h11,14,20,23,53H,4-10,12-13,15-19,21-22,24-52H2,1-3H3/b14-11-,23-20-. The molecule has 0 saturated heterocycles. The fourth-order valence-corrected chi connectivity index (χ4v) is 7.96. The molecule has 0 aliphatic carbocycles. The highest BCUT2D eigenvalue weighted by molar-refractivity contribution is 5.70. The fourth-order valence-electron chi connectivity index (χ4n) is 7.96. The van der Waals surface area contributed by atoms with E-state index in [2.05, 4.69) is 45.1 Å². The van der Waals surface area contributed by atoms with Gasteiger partial charge in [0.2, 0.25) is 0 Å². The van der Waals surface area contributed by atoms with Gasteiger partial charge >= 0.3 is 11.9 Å². The number of carbonyl (C=O) groups is 2. The highest BCUT2D eigenvalue weighted by Gasteiger charge is 2.17. The Bertz CT molecular complexity index is 913. The molecule has 0 fully saturated rings. The molecule has 0 saturated carbocycles. The largest absolute Gasteiger partial charge is 0.462 e. The van der Waals surface area contributed by atoms with E-state index in [0.29, 0.717) is 19.4 Å². The van der Waals surface area contributed by atoms with Crippen molar-refractivity contribution in [3.05, 3.63) is 24.3 Å². The zero-order valence-corrected chi connectivity index (χ0v) is 40.7. The summed E-state index contributed by atoms with van der Waals surface area (Å²) in [5.74, 6) is -0.384. The molecule has 0 aliphatic heterocycles. The van der Waals surface area contributed by atoms with Crippen LogP contribution in [0.5, 0.6) is 0 Å². The highest BCUT2D eigenvalue weighted by Crippen LogP contribution is 2.16. The predicted molar refractivity (Wildman–Crippen MR) is 261 cm³/mol. The molecule has 0 spiro atoms. The quantitative estimate of drug-likeness (QED) is 0.0347. The van der Waals surface area contributed by atoms with Crippen molar-refractivity contribution in [3.8, 4) is 0 Å². The van der Waals surface area contributed by atoms with E-state index in [4.69, 9.17) is 14.2 Å². The van der Waals surface area contributed by atoms with E-state index in [1.807, 2.05) is 0 Å². The third-order valence-electron chi connectivity index (χ3n) is 12.0. The van der Waals surface area contributed by atoms with Crippen LogP contribution < -0.4 is 0 Å². The summed E-state index contributed by atoms with van der Waals surface area (Å²) < 4.78 is 17.4. The first kappa shape index (κ1) is 58.4. The van der Waals surface area contributed by atoms with Crippen LogP contribution in [-0.4, -0.2) is 37.9 Å². The highest BCUT2D eigenvalue weighted by atomic mass is 16.6. The molecule has 0 radical (unpaired) electrons. The summed E-state index contributed by atoms with van der Waals surface area (Å²) >= 11 is 0. The Morgan fingerprint density at radius 3 is 1.17 bits per heavy atom. The van der Waals surface area contributed by atoms with E-state index in [1.165, 1.54) is 212 Å². The second kappa shape index (κ2) is 51.7. The molecule has 1 atom stereocenters. The van der Waals surface area contributed by atoms with Gasteiger partial charge in [0.05, 0.1) is 6.61 Å². The molecule has 0 aliphatic rings. The topological polar surface area (TPSA) is 61.8 Å². The molecule has 0 bridgehead atoms. The average Bonchev–Trinajstić information content (AvgIpc) is 3.25. The lowest BCUT2D eigenvalue weighted by atomic mass is 10.0. The van der Waals surface area contributed by atoms with Crippen LogP contribution in [0.1, 0.15) is 290 Å².